The lowest BCUT2D eigenvalue weighted by molar-refractivity contribution is -0.123. The van der Waals surface area contributed by atoms with Gasteiger partial charge < -0.3 is 34.9 Å². The number of aromatic carboxylic acids is 2. The van der Waals surface area contributed by atoms with Crippen molar-refractivity contribution in [1.82, 2.24) is 10.3 Å². The van der Waals surface area contributed by atoms with Gasteiger partial charge in [0.25, 0.3) is 0 Å². The van der Waals surface area contributed by atoms with Crippen molar-refractivity contribution in [2.75, 3.05) is 17.3 Å². The van der Waals surface area contributed by atoms with Crippen molar-refractivity contribution in [2.24, 2.45) is 5.41 Å². The number of aromatic nitrogens is 1. The van der Waals surface area contributed by atoms with E-state index in [0.717, 1.165) is 6.07 Å². The molecular weight excluding hydrogens is 584 g/mol. The molecule has 44 heavy (non-hydrogen) atoms. The molecule has 5 rings (SSSR count). The monoisotopic (exact) mass is 614 g/mol. The minimum absolute atomic E-state index is 0.170. The second-order valence-corrected chi connectivity index (χ2v) is 11.6. The summed E-state index contributed by atoms with van der Waals surface area (Å²) in [5, 5.41) is 25.7. The Morgan fingerprint density at radius 2 is 1.70 bits per heavy atom. The van der Waals surface area contributed by atoms with Crippen LogP contribution in [0, 0.1) is 5.41 Å². The van der Waals surface area contributed by atoms with Crippen molar-refractivity contribution < 1.29 is 33.8 Å². The lowest BCUT2D eigenvalue weighted by atomic mass is 9.95. The Morgan fingerprint density at radius 3 is 2.30 bits per heavy atom. The smallest absolute Gasteiger partial charge is 0.335 e. The molecule has 3 heterocycles. The zero-order valence-corrected chi connectivity index (χ0v) is 25.1. The van der Waals surface area contributed by atoms with Crippen LogP contribution >= 0.6 is 12.2 Å². The molecule has 0 spiro atoms. The fourth-order valence-electron chi connectivity index (χ4n) is 4.85. The molecule has 226 valence electrons. The lowest BCUT2D eigenvalue weighted by Gasteiger charge is -2.27. The summed E-state index contributed by atoms with van der Waals surface area (Å²) in [4.78, 5) is 42.5. The first-order valence-electron chi connectivity index (χ1n) is 13.6. The van der Waals surface area contributed by atoms with Gasteiger partial charge in [-0.05, 0) is 66.8 Å². The topological polar surface area (TPSA) is 154 Å². The molecule has 2 atom stereocenters. The van der Waals surface area contributed by atoms with Crippen molar-refractivity contribution in [1.29, 1.82) is 0 Å². The predicted octanol–water partition coefficient (Wildman–Crippen LogP) is 5.91. The maximum absolute atomic E-state index is 12.7. The zero-order chi connectivity index (χ0) is 31.8. The molecule has 1 saturated heterocycles. The maximum Gasteiger partial charge on any atom is 0.335 e. The van der Waals surface area contributed by atoms with E-state index in [-0.39, 0.29) is 22.8 Å². The normalized spacial score (nSPS) is 16.4. The number of thiocarbonyl (C=S) groups is 1. The van der Waals surface area contributed by atoms with Crippen LogP contribution in [0.3, 0.4) is 0 Å². The van der Waals surface area contributed by atoms with Gasteiger partial charge in [-0.25, -0.2) is 9.59 Å². The number of anilines is 2. The first-order chi connectivity index (χ1) is 20.9. The first kappa shape index (κ1) is 30.2. The number of methoxy groups -OCH3 is 1. The number of nitrogens with one attached hydrogen (secondary N) is 2. The van der Waals surface area contributed by atoms with Crippen LogP contribution < -0.4 is 20.3 Å². The minimum Gasteiger partial charge on any atom is -0.494 e. The number of furan rings is 1. The summed E-state index contributed by atoms with van der Waals surface area (Å²) < 4.78 is 11.9. The number of nitrogens with zero attached hydrogens (tertiary/aromatic N) is 2. The Morgan fingerprint density at radius 1 is 1.00 bits per heavy atom. The van der Waals surface area contributed by atoms with Crippen LogP contribution in [-0.4, -0.2) is 45.3 Å². The average molecular weight is 615 g/mol. The van der Waals surface area contributed by atoms with Gasteiger partial charge in [0, 0.05) is 28.9 Å². The van der Waals surface area contributed by atoms with Gasteiger partial charge in [-0.15, -0.1) is 0 Å². The summed E-state index contributed by atoms with van der Waals surface area (Å²) >= 11 is 5.80. The number of ether oxygens (including phenoxy) is 1. The Kier molecular flexibility index (Phi) is 8.11. The van der Waals surface area contributed by atoms with Crippen molar-refractivity contribution in [3.63, 3.8) is 0 Å². The van der Waals surface area contributed by atoms with E-state index in [1.165, 1.54) is 19.2 Å². The number of benzene rings is 2. The molecule has 1 amide bonds. The molecule has 4 N–H and O–H groups in total. The highest BCUT2D eigenvalue weighted by atomic mass is 32.1. The Bertz CT molecular complexity index is 1730. The summed E-state index contributed by atoms with van der Waals surface area (Å²) in [6.07, 6.45) is 1.67. The van der Waals surface area contributed by atoms with Crippen LogP contribution in [-0.2, 0) is 4.79 Å². The molecule has 1 fully saturated rings. The van der Waals surface area contributed by atoms with E-state index in [0.29, 0.717) is 39.3 Å². The van der Waals surface area contributed by atoms with E-state index < -0.39 is 29.4 Å². The number of carbonyl (C=O) groups excluding carboxylic acids is 1. The summed E-state index contributed by atoms with van der Waals surface area (Å²) in [5.74, 6) is -1.52. The van der Waals surface area contributed by atoms with E-state index in [1.54, 1.807) is 36.5 Å². The standard InChI is InChI=1S/C32H30N4O7S/c1-32(2,3)30(41)34-21-9-8-20(16-25(21)42-4)36-27(26(35-31(36)44)22-7-5-6-12-33-22)24-11-10-23(43-24)17-13-18(28(37)38)15-19(14-17)29(39)40/h5-16,26-27H,1-4H3,(H,34,41)(H,35,44)(H,37,38)(H,39,40)/t26-,27-/m0/s1. The Balaban J connectivity index is 1.59. The number of carboxylic acid groups (broad SMARTS) is 2. The zero-order valence-electron chi connectivity index (χ0n) is 24.3. The number of carbonyl (C=O) groups is 3. The highest BCUT2D eigenvalue weighted by Crippen LogP contribution is 2.44. The molecule has 4 aromatic rings. The number of hydrogen-bond acceptors (Lipinski definition) is 7. The van der Waals surface area contributed by atoms with Gasteiger partial charge in [0.2, 0.25) is 5.91 Å². The third kappa shape index (κ3) is 5.97. The van der Waals surface area contributed by atoms with E-state index in [1.807, 2.05) is 43.9 Å². The van der Waals surface area contributed by atoms with E-state index in [9.17, 15) is 24.6 Å². The summed E-state index contributed by atoms with van der Waals surface area (Å²) in [6.45, 7) is 5.45. The van der Waals surface area contributed by atoms with Gasteiger partial charge in [-0.1, -0.05) is 26.8 Å². The summed E-state index contributed by atoms with van der Waals surface area (Å²) in [5.41, 5.74) is 1.17. The summed E-state index contributed by atoms with van der Waals surface area (Å²) in [7, 11) is 1.51. The number of pyridine rings is 1. The molecule has 2 aromatic heterocycles. The third-order valence-electron chi connectivity index (χ3n) is 7.12. The number of carboxylic acids is 2. The van der Waals surface area contributed by atoms with E-state index in [4.69, 9.17) is 21.4 Å². The lowest BCUT2D eigenvalue weighted by Crippen LogP contribution is -2.30. The average Bonchev–Trinajstić information content (AvgIpc) is 3.61. The molecule has 1 aliphatic heterocycles. The quantitative estimate of drug-likeness (QED) is 0.175. The van der Waals surface area contributed by atoms with Crippen LogP contribution in [0.15, 0.2) is 77.3 Å². The minimum atomic E-state index is -1.26. The van der Waals surface area contributed by atoms with E-state index in [2.05, 4.69) is 15.6 Å². The van der Waals surface area contributed by atoms with Gasteiger partial charge in [-0.2, -0.15) is 0 Å². The fraction of sp³-hybridized carbons (Fsp3) is 0.219. The fourth-order valence-corrected chi connectivity index (χ4v) is 5.19. The van der Waals surface area contributed by atoms with Gasteiger partial charge >= 0.3 is 11.9 Å². The Labute approximate surface area is 258 Å². The molecule has 0 aliphatic carbocycles. The van der Waals surface area contributed by atoms with Crippen molar-refractivity contribution in [3.8, 4) is 17.1 Å². The molecule has 0 unspecified atom stereocenters. The molecule has 0 radical (unpaired) electrons. The van der Waals surface area contributed by atoms with Crippen LogP contribution in [0.2, 0.25) is 0 Å². The molecule has 1 aliphatic rings. The maximum atomic E-state index is 12.7. The van der Waals surface area contributed by atoms with Crippen LogP contribution in [0.4, 0.5) is 11.4 Å². The molecule has 0 saturated carbocycles. The van der Waals surface area contributed by atoms with Crippen LogP contribution in [0.5, 0.6) is 5.75 Å². The first-order valence-corrected chi connectivity index (χ1v) is 14.0. The second-order valence-electron chi connectivity index (χ2n) is 11.2. The highest BCUT2D eigenvalue weighted by Gasteiger charge is 2.43. The Hall–Kier alpha value is -5.23. The third-order valence-corrected chi connectivity index (χ3v) is 7.44. The largest absolute Gasteiger partial charge is 0.494 e. The molecule has 11 nitrogen and oxygen atoms in total. The summed E-state index contributed by atoms with van der Waals surface area (Å²) in [6, 6.07) is 17.0. The van der Waals surface area contributed by atoms with E-state index >= 15 is 0 Å². The van der Waals surface area contributed by atoms with Gasteiger partial charge in [-0.3, -0.25) is 9.78 Å². The van der Waals surface area contributed by atoms with Crippen molar-refractivity contribution >= 4 is 46.6 Å². The van der Waals surface area contributed by atoms with Crippen molar-refractivity contribution in [3.05, 3.63) is 95.5 Å². The molecule has 12 heteroatoms. The second kappa shape index (κ2) is 11.8. The molecule has 0 bridgehead atoms. The highest BCUT2D eigenvalue weighted by molar-refractivity contribution is 7.80. The predicted molar refractivity (Wildman–Crippen MR) is 167 cm³/mol. The van der Waals surface area contributed by atoms with Crippen molar-refractivity contribution in [2.45, 2.75) is 32.9 Å². The van der Waals surface area contributed by atoms with Crippen LogP contribution in [0.1, 0.15) is 65.0 Å². The van der Waals surface area contributed by atoms with Gasteiger partial charge in [0.05, 0.1) is 35.7 Å². The SMILES string of the molecule is COc1cc(N2C(=S)N[C@@H](c3ccccn3)[C@@H]2c2ccc(-c3cc(C(=O)O)cc(C(=O)O)c3)o2)ccc1NC(=O)C(C)(C)C. The number of amides is 1. The molecule has 2 aromatic carbocycles. The number of hydrogen-bond donors (Lipinski definition) is 4. The van der Waals surface area contributed by atoms with Gasteiger partial charge in [0.1, 0.15) is 23.3 Å². The van der Waals surface area contributed by atoms with Gasteiger partial charge in [0.15, 0.2) is 5.11 Å². The molecular formula is C32H30N4O7S. The number of rotatable bonds is 8. The van der Waals surface area contributed by atoms with Crippen LogP contribution in [0.25, 0.3) is 11.3 Å².